The highest BCUT2D eigenvalue weighted by atomic mass is 16.6. The predicted molar refractivity (Wildman–Crippen MR) is 217 cm³/mol. The third kappa shape index (κ3) is 7.78. The van der Waals surface area contributed by atoms with E-state index in [0.717, 1.165) is 88.3 Å². The Kier molecular flexibility index (Phi) is 9.78. The Bertz CT molecular complexity index is 2370. The molecule has 4 aromatic carbocycles. The van der Waals surface area contributed by atoms with Crippen molar-refractivity contribution in [1.29, 1.82) is 0 Å². The van der Waals surface area contributed by atoms with Crippen molar-refractivity contribution in [2.75, 3.05) is 13.1 Å². The van der Waals surface area contributed by atoms with E-state index in [1.54, 1.807) is 11.0 Å². The number of nitrogens with zero attached hydrogens (tertiary/aromatic N) is 3. The van der Waals surface area contributed by atoms with E-state index in [2.05, 4.69) is 81.0 Å². The van der Waals surface area contributed by atoms with Crippen LogP contribution < -0.4 is 5.43 Å². The number of pyridine rings is 1. The van der Waals surface area contributed by atoms with Crippen LogP contribution in [-0.4, -0.2) is 49.5 Å². The van der Waals surface area contributed by atoms with Gasteiger partial charge in [0.15, 0.2) is 11.3 Å². The molecule has 2 atom stereocenters. The lowest BCUT2D eigenvalue weighted by Crippen LogP contribution is -2.36. The summed E-state index contributed by atoms with van der Waals surface area (Å²) in [5, 5.41) is 0.668. The average Bonchev–Trinajstić information content (AvgIpc) is 3.99. The number of fused-ring (bicyclic) bond motifs is 1. The average molecular weight is 734 g/mol. The van der Waals surface area contributed by atoms with Crippen LogP contribution in [0.2, 0.25) is 0 Å². The summed E-state index contributed by atoms with van der Waals surface area (Å²) >= 11 is 0. The minimum Gasteiger partial charge on any atom is -0.475 e. The number of amides is 1. The number of nitrogens with one attached hydrogen (secondary N) is 2. The lowest BCUT2D eigenvalue weighted by atomic mass is 9.98. The maximum Gasteiger partial charge on any atom is 0.410 e. The van der Waals surface area contributed by atoms with Crippen molar-refractivity contribution in [3.05, 3.63) is 149 Å². The summed E-state index contributed by atoms with van der Waals surface area (Å²) in [5.74, 6) is 1.40. The van der Waals surface area contributed by atoms with E-state index in [-0.39, 0.29) is 23.6 Å². The molecule has 280 valence electrons. The molecule has 2 aliphatic heterocycles. The van der Waals surface area contributed by atoms with Crippen molar-refractivity contribution in [2.45, 2.75) is 70.7 Å². The molecule has 2 fully saturated rings. The quantitative estimate of drug-likeness (QED) is 0.143. The fourth-order valence-electron chi connectivity index (χ4n) is 7.78. The highest BCUT2D eigenvalue weighted by Crippen LogP contribution is 2.36. The molecule has 9 heteroatoms. The number of aromatic nitrogens is 3. The summed E-state index contributed by atoms with van der Waals surface area (Å²) < 4.78 is 11.7. The SMILES string of the molecule is C=C(OCc1ccccc1)N1CCCC1c1cc(=O)c2ccc(-c3ccc(-c4ccc(-c5cnc([C@@H]6CCCN6C(=O)OC(C)(C)C)[nH]5)cc4)cc3)cc2[nH]1. The lowest BCUT2D eigenvalue weighted by Gasteiger charge is -2.28. The number of rotatable bonds is 9. The molecule has 0 radical (unpaired) electrons. The van der Waals surface area contributed by atoms with Crippen LogP contribution in [-0.2, 0) is 16.1 Å². The van der Waals surface area contributed by atoms with Gasteiger partial charge in [-0.1, -0.05) is 84.9 Å². The number of likely N-dealkylation sites (tertiary alicyclic amines) is 2. The molecule has 2 aromatic heterocycles. The first-order valence-electron chi connectivity index (χ1n) is 19.1. The van der Waals surface area contributed by atoms with Gasteiger partial charge < -0.3 is 24.3 Å². The van der Waals surface area contributed by atoms with Crippen molar-refractivity contribution in [2.24, 2.45) is 0 Å². The Morgan fingerprint density at radius 2 is 1.40 bits per heavy atom. The molecule has 6 aromatic rings. The highest BCUT2D eigenvalue weighted by Gasteiger charge is 2.35. The molecular weight excluding hydrogens is 687 g/mol. The number of aromatic amines is 2. The molecule has 9 nitrogen and oxygen atoms in total. The van der Waals surface area contributed by atoms with Gasteiger partial charge in [-0.3, -0.25) is 9.69 Å². The zero-order valence-electron chi connectivity index (χ0n) is 31.7. The number of carbonyl (C=O) groups excluding carboxylic acids is 1. The van der Waals surface area contributed by atoms with Crippen LogP contribution in [0.1, 0.15) is 75.6 Å². The summed E-state index contributed by atoms with van der Waals surface area (Å²) in [7, 11) is 0. The molecule has 1 amide bonds. The van der Waals surface area contributed by atoms with Crippen molar-refractivity contribution < 1.29 is 14.3 Å². The molecular formula is C46H47N5O4. The Hall–Kier alpha value is -6.09. The first-order valence-corrected chi connectivity index (χ1v) is 19.1. The maximum absolute atomic E-state index is 13.3. The Morgan fingerprint density at radius 3 is 2.09 bits per heavy atom. The van der Waals surface area contributed by atoms with Crippen LogP contribution >= 0.6 is 0 Å². The van der Waals surface area contributed by atoms with Crippen LogP contribution in [0.25, 0.3) is 44.4 Å². The van der Waals surface area contributed by atoms with Gasteiger partial charge in [0.1, 0.15) is 18.0 Å². The number of hydrogen-bond acceptors (Lipinski definition) is 6. The molecule has 4 heterocycles. The molecule has 2 aliphatic rings. The molecule has 2 N–H and O–H groups in total. The number of benzene rings is 4. The standard InChI is InChI=1S/C46H47N5O4/c1-30(54-29-31-10-6-5-7-11-31)50-24-8-12-41(50)39-27-43(52)37-23-22-36(26-38(37)48-39)34-16-14-32(15-17-34)33-18-20-35(21-19-33)40-28-47-44(49-40)42-13-9-25-51(42)45(53)55-46(2,3)4/h5-7,10-11,14-23,26-28,41-42H,1,8-9,12-13,24-25,29H2,2-4H3,(H,47,49)(H,48,52)/t41?,42-/m0/s1. The van der Waals surface area contributed by atoms with Crippen LogP contribution in [0.3, 0.4) is 0 Å². The molecule has 55 heavy (non-hydrogen) atoms. The van der Waals surface area contributed by atoms with Crippen LogP contribution in [0.5, 0.6) is 0 Å². The molecule has 1 unspecified atom stereocenters. The van der Waals surface area contributed by atoms with Crippen molar-refractivity contribution in [3.8, 4) is 33.5 Å². The van der Waals surface area contributed by atoms with E-state index in [1.165, 1.54) is 0 Å². The van der Waals surface area contributed by atoms with Gasteiger partial charge in [0.25, 0.3) is 0 Å². The topological polar surface area (TPSA) is 104 Å². The van der Waals surface area contributed by atoms with Crippen molar-refractivity contribution in [3.63, 3.8) is 0 Å². The molecule has 2 saturated heterocycles. The highest BCUT2D eigenvalue weighted by molar-refractivity contribution is 5.85. The predicted octanol–water partition coefficient (Wildman–Crippen LogP) is 10.1. The van der Waals surface area contributed by atoms with Gasteiger partial charge in [0, 0.05) is 30.2 Å². The lowest BCUT2D eigenvalue weighted by molar-refractivity contribution is 0.0218. The Balaban J connectivity index is 0.954. The fourth-order valence-corrected chi connectivity index (χ4v) is 7.78. The third-order valence-corrected chi connectivity index (χ3v) is 10.6. The Morgan fingerprint density at radius 1 is 0.782 bits per heavy atom. The Labute approximate surface area is 321 Å². The number of ether oxygens (including phenoxy) is 2. The molecule has 8 rings (SSSR count). The van der Waals surface area contributed by atoms with Gasteiger partial charge in [0.05, 0.1) is 29.5 Å². The summed E-state index contributed by atoms with van der Waals surface area (Å²) in [6, 6.07) is 34.6. The fraction of sp³-hybridized carbons (Fsp3) is 0.283. The molecule has 0 spiro atoms. The first kappa shape index (κ1) is 35.9. The minimum absolute atomic E-state index is 0.00410. The van der Waals surface area contributed by atoms with E-state index >= 15 is 0 Å². The van der Waals surface area contributed by atoms with Gasteiger partial charge in [-0.05, 0) is 98.5 Å². The zero-order valence-corrected chi connectivity index (χ0v) is 31.7. The zero-order chi connectivity index (χ0) is 38.1. The summed E-state index contributed by atoms with van der Waals surface area (Å²) in [5.41, 5.74) is 8.48. The van der Waals surface area contributed by atoms with E-state index in [9.17, 15) is 9.59 Å². The number of carbonyl (C=O) groups is 1. The summed E-state index contributed by atoms with van der Waals surface area (Å²) in [6.07, 6.45) is 5.21. The second-order valence-electron chi connectivity index (χ2n) is 15.5. The molecule has 0 saturated carbocycles. The van der Waals surface area contributed by atoms with Crippen molar-refractivity contribution in [1.82, 2.24) is 24.8 Å². The van der Waals surface area contributed by atoms with E-state index < -0.39 is 5.60 Å². The normalized spacial score (nSPS) is 17.1. The second kappa shape index (κ2) is 15.0. The summed E-state index contributed by atoms with van der Waals surface area (Å²) in [4.78, 5) is 41.8. The summed E-state index contributed by atoms with van der Waals surface area (Å²) in [6.45, 7) is 11.8. The largest absolute Gasteiger partial charge is 0.475 e. The van der Waals surface area contributed by atoms with E-state index in [0.29, 0.717) is 24.4 Å². The van der Waals surface area contributed by atoms with Gasteiger partial charge in [0.2, 0.25) is 0 Å². The monoisotopic (exact) mass is 733 g/mol. The van der Waals surface area contributed by atoms with Crippen LogP contribution in [0, 0.1) is 0 Å². The third-order valence-electron chi connectivity index (χ3n) is 10.6. The second-order valence-corrected chi connectivity index (χ2v) is 15.5. The van der Waals surface area contributed by atoms with Crippen molar-refractivity contribution >= 4 is 17.0 Å². The minimum atomic E-state index is -0.544. The van der Waals surface area contributed by atoms with Gasteiger partial charge in [-0.2, -0.15) is 0 Å². The van der Waals surface area contributed by atoms with Gasteiger partial charge >= 0.3 is 6.09 Å². The van der Waals surface area contributed by atoms with Gasteiger partial charge in [-0.25, -0.2) is 9.78 Å². The van der Waals surface area contributed by atoms with E-state index in [4.69, 9.17) is 9.47 Å². The number of H-pyrrole nitrogens is 2. The first-order chi connectivity index (χ1) is 26.6. The molecule has 0 aliphatic carbocycles. The number of imidazole rings is 1. The van der Waals surface area contributed by atoms with E-state index in [1.807, 2.05) is 69.4 Å². The smallest absolute Gasteiger partial charge is 0.410 e. The van der Waals surface area contributed by atoms with Crippen LogP contribution in [0.15, 0.2) is 127 Å². The maximum atomic E-state index is 13.3. The number of hydrogen-bond donors (Lipinski definition) is 2. The van der Waals surface area contributed by atoms with Crippen LogP contribution in [0.4, 0.5) is 4.79 Å². The molecule has 0 bridgehead atoms. The van der Waals surface area contributed by atoms with Gasteiger partial charge in [-0.15, -0.1) is 0 Å².